The number of piperidine rings is 1. The number of imidazole rings is 1. The first kappa shape index (κ1) is 13.6. The highest BCUT2D eigenvalue weighted by molar-refractivity contribution is 5.80. The molecule has 1 aromatic heterocycles. The summed E-state index contributed by atoms with van der Waals surface area (Å²) in [5.41, 5.74) is 1.15. The van der Waals surface area contributed by atoms with E-state index in [2.05, 4.69) is 14.9 Å². The van der Waals surface area contributed by atoms with E-state index < -0.39 is 0 Å². The molecule has 1 aromatic rings. The minimum atomic E-state index is -0.145. The molecule has 2 aliphatic heterocycles. The summed E-state index contributed by atoms with van der Waals surface area (Å²) >= 11 is 0. The summed E-state index contributed by atoms with van der Waals surface area (Å²) in [7, 11) is 0. The average Bonchev–Trinajstić information content (AvgIpc) is 3.16. The lowest BCUT2D eigenvalue weighted by atomic mass is 10.1. The predicted molar refractivity (Wildman–Crippen MR) is 77.3 cm³/mol. The Morgan fingerprint density at radius 1 is 1.35 bits per heavy atom. The van der Waals surface area contributed by atoms with Crippen LogP contribution < -0.4 is 5.32 Å². The first-order valence-electron chi connectivity index (χ1n) is 7.81. The van der Waals surface area contributed by atoms with Crippen molar-refractivity contribution in [2.45, 2.75) is 51.1 Å². The van der Waals surface area contributed by atoms with E-state index in [0.29, 0.717) is 6.04 Å². The van der Waals surface area contributed by atoms with Gasteiger partial charge < -0.3 is 14.8 Å². The highest BCUT2D eigenvalue weighted by Crippen LogP contribution is 2.26. The van der Waals surface area contributed by atoms with E-state index in [1.807, 2.05) is 24.3 Å². The molecule has 0 bridgehead atoms. The van der Waals surface area contributed by atoms with Gasteiger partial charge in [0.25, 0.3) is 0 Å². The van der Waals surface area contributed by atoms with Crippen molar-refractivity contribution in [1.82, 2.24) is 19.8 Å². The number of hydrogen-bond donors (Lipinski definition) is 1. The fourth-order valence-electron chi connectivity index (χ4n) is 3.34. The molecule has 110 valence electrons. The van der Waals surface area contributed by atoms with Crippen molar-refractivity contribution < 1.29 is 4.79 Å². The standard InChI is InChI=1S/C15H24N4O/c1-12(15(20)18-8-3-2-4-9-18)19-11-16-10-14(19)13-6-5-7-17-13/h10-13,17H,2-9H2,1H3/t12?,13-/m0/s1. The number of hydrogen-bond acceptors (Lipinski definition) is 3. The lowest BCUT2D eigenvalue weighted by molar-refractivity contribution is -0.135. The van der Waals surface area contributed by atoms with Gasteiger partial charge in [0.2, 0.25) is 5.91 Å². The van der Waals surface area contributed by atoms with E-state index >= 15 is 0 Å². The van der Waals surface area contributed by atoms with E-state index in [4.69, 9.17) is 0 Å². The molecule has 2 atom stereocenters. The molecule has 1 N–H and O–H groups in total. The second-order valence-corrected chi connectivity index (χ2v) is 5.94. The highest BCUT2D eigenvalue weighted by atomic mass is 16.2. The minimum absolute atomic E-state index is 0.145. The van der Waals surface area contributed by atoms with Gasteiger partial charge in [-0.25, -0.2) is 4.98 Å². The third-order valence-electron chi connectivity index (χ3n) is 4.56. The van der Waals surface area contributed by atoms with E-state index in [9.17, 15) is 4.79 Å². The van der Waals surface area contributed by atoms with Crippen molar-refractivity contribution in [2.24, 2.45) is 0 Å². The molecule has 1 unspecified atom stereocenters. The lowest BCUT2D eigenvalue weighted by Gasteiger charge is -2.30. The maximum Gasteiger partial charge on any atom is 0.245 e. The molecule has 2 aliphatic rings. The molecular formula is C15H24N4O. The molecule has 3 heterocycles. The Kier molecular flexibility index (Phi) is 4.05. The Balaban J connectivity index is 1.74. The zero-order valence-electron chi connectivity index (χ0n) is 12.2. The predicted octanol–water partition coefficient (Wildman–Crippen LogP) is 1.88. The molecular weight excluding hydrogens is 252 g/mol. The van der Waals surface area contributed by atoms with Gasteiger partial charge >= 0.3 is 0 Å². The average molecular weight is 276 g/mol. The van der Waals surface area contributed by atoms with E-state index in [1.165, 1.54) is 12.8 Å². The van der Waals surface area contributed by atoms with Gasteiger partial charge in [-0.1, -0.05) is 0 Å². The first-order chi connectivity index (χ1) is 9.77. The Bertz CT molecular complexity index is 458. The molecule has 0 spiro atoms. The van der Waals surface area contributed by atoms with Crippen LogP contribution in [0.5, 0.6) is 0 Å². The summed E-state index contributed by atoms with van der Waals surface area (Å²) in [5, 5.41) is 3.49. The number of nitrogens with one attached hydrogen (secondary N) is 1. The number of carbonyl (C=O) groups is 1. The molecule has 2 saturated heterocycles. The Labute approximate surface area is 120 Å². The molecule has 20 heavy (non-hydrogen) atoms. The van der Waals surface area contributed by atoms with Crippen LogP contribution >= 0.6 is 0 Å². The summed E-state index contributed by atoms with van der Waals surface area (Å²) in [6.45, 7) is 4.88. The van der Waals surface area contributed by atoms with E-state index in [-0.39, 0.29) is 11.9 Å². The topological polar surface area (TPSA) is 50.2 Å². The number of nitrogens with zero attached hydrogens (tertiary/aromatic N) is 3. The van der Waals surface area contributed by atoms with Crippen LogP contribution in [0.15, 0.2) is 12.5 Å². The van der Waals surface area contributed by atoms with Crippen molar-refractivity contribution >= 4 is 5.91 Å². The molecule has 0 radical (unpaired) electrons. The summed E-state index contributed by atoms with van der Waals surface area (Å²) in [4.78, 5) is 18.9. The second kappa shape index (κ2) is 5.95. The van der Waals surface area contributed by atoms with Crippen LogP contribution in [0.3, 0.4) is 0 Å². The van der Waals surface area contributed by atoms with Gasteiger partial charge in [-0.2, -0.15) is 0 Å². The van der Waals surface area contributed by atoms with Gasteiger partial charge in [0.05, 0.1) is 12.0 Å². The van der Waals surface area contributed by atoms with Gasteiger partial charge in [0.15, 0.2) is 0 Å². The van der Waals surface area contributed by atoms with Crippen LogP contribution in [0.25, 0.3) is 0 Å². The van der Waals surface area contributed by atoms with E-state index in [0.717, 1.165) is 44.6 Å². The smallest absolute Gasteiger partial charge is 0.245 e. The van der Waals surface area contributed by atoms with Gasteiger partial charge in [-0.05, 0) is 45.6 Å². The maximum atomic E-state index is 12.6. The van der Waals surface area contributed by atoms with Crippen molar-refractivity contribution in [2.75, 3.05) is 19.6 Å². The fourth-order valence-corrected chi connectivity index (χ4v) is 3.34. The third kappa shape index (κ3) is 2.59. The van der Waals surface area contributed by atoms with E-state index in [1.54, 1.807) is 0 Å². The van der Waals surface area contributed by atoms with Crippen LogP contribution in [0.4, 0.5) is 0 Å². The van der Waals surface area contributed by atoms with Crippen LogP contribution in [0.1, 0.15) is 56.8 Å². The van der Waals surface area contributed by atoms with Gasteiger partial charge in [0, 0.05) is 25.3 Å². The molecule has 1 amide bonds. The summed E-state index contributed by atoms with van der Waals surface area (Å²) in [6.07, 6.45) is 9.57. The monoisotopic (exact) mass is 276 g/mol. The SMILES string of the molecule is CC(C(=O)N1CCCCC1)n1cncc1[C@@H]1CCCN1. The fraction of sp³-hybridized carbons (Fsp3) is 0.733. The molecule has 0 aliphatic carbocycles. The van der Waals surface area contributed by atoms with Crippen LogP contribution in [0.2, 0.25) is 0 Å². The molecule has 2 fully saturated rings. The van der Waals surface area contributed by atoms with Crippen molar-refractivity contribution in [3.63, 3.8) is 0 Å². The number of amides is 1. The Morgan fingerprint density at radius 3 is 2.85 bits per heavy atom. The molecule has 5 nitrogen and oxygen atoms in total. The van der Waals surface area contributed by atoms with Crippen molar-refractivity contribution in [3.8, 4) is 0 Å². The number of carbonyl (C=O) groups excluding carboxylic acids is 1. The quantitative estimate of drug-likeness (QED) is 0.917. The van der Waals surface area contributed by atoms with Gasteiger partial charge in [0.1, 0.15) is 6.04 Å². The molecule has 0 saturated carbocycles. The van der Waals surface area contributed by atoms with Crippen LogP contribution in [0, 0.1) is 0 Å². The van der Waals surface area contributed by atoms with Gasteiger partial charge in [-0.3, -0.25) is 4.79 Å². The number of rotatable bonds is 3. The Morgan fingerprint density at radius 2 is 2.15 bits per heavy atom. The second-order valence-electron chi connectivity index (χ2n) is 5.94. The van der Waals surface area contributed by atoms with Crippen LogP contribution in [-0.4, -0.2) is 40.0 Å². The number of likely N-dealkylation sites (tertiary alicyclic amines) is 1. The molecule has 0 aromatic carbocycles. The zero-order valence-corrected chi connectivity index (χ0v) is 12.2. The lowest BCUT2D eigenvalue weighted by Crippen LogP contribution is -2.40. The largest absolute Gasteiger partial charge is 0.341 e. The first-order valence-corrected chi connectivity index (χ1v) is 7.81. The summed E-state index contributed by atoms with van der Waals surface area (Å²) in [5.74, 6) is 0.238. The summed E-state index contributed by atoms with van der Waals surface area (Å²) in [6, 6.07) is 0.210. The van der Waals surface area contributed by atoms with Crippen LogP contribution in [-0.2, 0) is 4.79 Å². The zero-order chi connectivity index (χ0) is 13.9. The van der Waals surface area contributed by atoms with Crippen molar-refractivity contribution in [3.05, 3.63) is 18.2 Å². The number of aromatic nitrogens is 2. The Hall–Kier alpha value is -1.36. The normalized spacial score (nSPS) is 24.9. The molecule has 5 heteroatoms. The van der Waals surface area contributed by atoms with Crippen molar-refractivity contribution in [1.29, 1.82) is 0 Å². The summed E-state index contributed by atoms with van der Waals surface area (Å²) < 4.78 is 2.06. The van der Waals surface area contributed by atoms with Gasteiger partial charge in [-0.15, -0.1) is 0 Å². The third-order valence-corrected chi connectivity index (χ3v) is 4.56. The minimum Gasteiger partial charge on any atom is -0.341 e. The maximum absolute atomic E-state index is 12.6. The highest BCUT2D eigenvalue weighted by Gasteiger charge is 2.27. The molecule has 3 rings (SSSR count).